The van der Waals surface area contributed by atoms with E-state index in [1.165, 1.54) is 36.8 Å². The molecule has 92 valence electrons. The van der Waals surface area contributed by atoms with Crippen molar-refractivity contribution < 1.29 is 4.74 Å². The molecule has 2 heteroatoms. The number of benzene rings is 1. The molecule has 1 N–H and O–H groups in total. The Kier molecular flexibility index (Phi) is 3.06. The molecular formula is C15H21NO. The molecule has 1 aromatic carbocycles. The van der Waals surface area contributed by atoms with E-state index in [9.17, 15) is 0 Å². The minimum absolute atomic E-state index is 0.756. The van der Waals surface area contributed by atoms with Gasteiger partial charge in [-0.2, -0.15) is 0 Å². The van der Waals surface area contributed by atoms with Gasteiger partial charge in [-0.15, -0.1) is 0 Å². The Morgan fingerprint density at radius 3 is 2.76 bits per heavy atom. The van der Waals surface area contributed by atoms with E-state index >= 15 is 0 Å². The standard InChI is InChI=1S/C15H21NO/c1-11-3-2-4-13(9-16-14-7-8-14)15(11)17-10-12-5-6-12/h2-4,12,14,16H,5-10H2,1H3. The van der Waals surface area contributed by atoms with Crippen molar-refractivity contribution >= 4 is 0 Å². The highest BCUT2D eigenvalue weighted by molar-refractivity contribution is 5.40. The van der Waals surface area contributed by atoms with E-state index < -0.39 is 0 Å². The van der Waals surface area contributed by atoms with E-state index in [1.54, 1.807) is 0 Å². The summed E-state index contributed by atoms with van der Waals surface area (Å²) in [6.45, 7) is 4.00. The van der Waals surface area contributed by atoms with E-state index in [4.69, 9.17) is 4.74 Å². The fourth-order valence-electron chi connectivity index (χ4n) is 2.09. The summed E-state index contributed by atoms with van der Waals surface area (Å²) in [5.41, 5.74) is 2.58. The van der Waals surface area contributed by atoms with Crippen molar-refractivity contribution in [3.63, 3.8) is 0 Å². The number of nitrogens with one attached hydrogen (secondary N) is 1. The summed E-state index contributed by atoms with van der Waals surface area (Å²) in [5.74, 6) is 1.94. The van der Waals surface area contributed by atoms with Crippen molar-refractivity contribution in [2.45, 2.75) is 45.2 Å². The summed E-state index contributed by atoms with van der Waals surface area (Å²) < 4.78 is 6.00. The van der Waals surface area contributed by atoms with Gasteiger partial charge in [0.25, 0.3) is 0 Å². The minimum Gasteiger partial charge on any atom is -0.493 e. The lowest BCUT2D eigenvalue weighted by Gasteiger charge is -2.14. The topological polar surface area (TPSA) is 21.3 Å². The average Bonchev–Trinajstić information content (AvgIpc) is 3.18. The van der Waals surface area contributed by atoms with E-state index in [0.717, 1.165) is 30.9 Å². The van der Waals surface area contributed by atoms with E-state index in [-0.39, 0.29) is 0 Å². The Balaban J connectivity index is 1.66. The number of hydrogen-bond acceptors (Lipinski definition) is 2. The minimum atomic E-state index is 0.756. The van der Waals surface area contributed by atoms with Crippen molar-refractivity contribution in [1.29, 1.82) is 0 Å². The zero-order valence-electron chi connectivity index (χ0n) is 10.5. The molecule has 0 bridgehead atoms. The van der Waals surface area contributed by atoms with Crippen LogP contribution in [0.1, 0.15) is 36.8 Å². The second kappa shape index (κ2) is 4.69. The Morgan fingerprint density at radius 1 is 1.24 bits per heavy atom. The van der Waals surface area contributed by atoms with Gasteiger partial charge in [0, 0.05) is 18.2 Å². The van der Waals surface area contributed by atoms with E-state index in [1.807, 2.05) is 0 Å². The van der Waals surface area contributed by atoms with Crippen LogP contribution in [-0.2, 0) is 6.54 Å². The normalized spacial score (nSPS) is 19.4. The summed E-state index contributed by atoms with van der Waals surface area (Å²) in [6.07, 6.45) is 5.37. The molecule has 0 spiro atoms. The number of rotatable bonds is 6. The monoisotopic (exact) mass is 231 g/mol. The Bertz CT molecular complexity index is 394. The van der Waals surface area contributed by atoms with Gasteiger partial charge in [0.2, 0.25) is 0 Å². The molecule has 0 aliphatic heterocycles. The number of aryl methyl sites for hydroxylation is 1. The molecule has 2 fully saturated rings. The molecule has 0 radical (unpaired) electrons. The van der Waals surface area contributed by atoms with Crippen LogP contribution < -0.4 is 10.1 Å². The SMILES string of the molecule is Cc1cccc(CNC2CC2)c1OCC1CC1. The molecule has 0 amide bonds. The van der Waals surface area contributed by atoms with Crippen molar-refractivity contribution in [3.8, 4) is 5.75 Å². The first-order valence-electron chi connectivity index (χ1n) is 6.77. The van der Waals surface area contributed by atoms with E-state index in [2.05, 4.69) is 30.4 Å². The highest BCUT2D eigenvalue weighted by Gasteiger charge is 2.23. The lowest BCUT2D eigenvalue weighted by molar-refractivity contribution is 0.294. The molecule has 0 heterocycles. The van der Waals surface area contributed by atoms with E-state index in [0.29, 0.717) is 0 Å². The summed E-state index contributed by atoms with van der Waals surface area (Å²) in [7, 11) is 0. The fraction of sp³-hybridized carbons (Fsp3) is 0.600. The predicted molar refractivity (Wildman–Crippen MR) is 69.3 cm³/mol. The van der Waals surface area contributed by atoms with Crippen LogP contribution in [0.5, 0.6) is 5.75 Å². The predicted octanol–water partition coefficient (Wildman–Crippen LogP) is 3.04. The number of ether oxygens (including phenoxy) is 1. The zero-order chi connectivity index (χ0) is 11.7. The molecule has 0 atom stereocenters. The van der Waals surface area contributed by atoms with Crippen molar-refractivity contribution in [2.24, 2.45) is 5.92 Å². The van der Waals surface area contributed by atoms with Gasteiger partial charge in [0.1, 0.15) is 5.75 Å². The van der Waals surface area contributed by atoms with Gasteiger partial charge >= 0.3 is 0 Å². The highest BCUT2D eigenvalue weighted by Crippen LogP contribution is 2.32. The highest BCUT2D eigenvalue weighted by atomic mass is 16.5. The second-order valence-electron chi connectivity index (χ2n) is 5.47. The third-order valence-corrected chi connectivity index (χ3v) is 3.61. The maximum atomic E-state index is 6.00. The van der Waals surface area contributed by atoms with Crippen LogP contribution in [-0.4, -0.2) is 12.6 Å². The molecule has 1 aromatic rings. The second-order valence-corrected chi connectivity index (χ2v) is 5.47. The van der Waals surface area contributed by atoms with Crippen molar-refractivity contribution in [3.05, 3.63) is 29.3 Å². The van der Waals surface area contributed by atoms with Gasteiger partial charge in [0.15, 0.2) is 0 Å². The van der Waals surface area contributed by atoms with Crippen LogP contribution in [0, 0.1) is 12.8 Å². The fourth-order valence-corrected chi connectivity index (χ4v) is 2.09. The lowest BCUT2D eigenvalue weighted by atomic mass is 10.1. The first-order chi connectivity index (χ1) is 8.33. The zero-order valence-corrected chi connectivity index (χ0v) is 10.5. The maximum absolute atomic E-state index is 6.00. The summed E-state index contributed by atoms with van der Waals surface area (Å²) in [4.78, 5) is 0. The Morgan fingerprint density at radius 2 is 2.06 bits per heavy atom. The van der Waals surface area contributed by atoms with Crippen LogP contribution in [0.15, 0.2) is 18.2 Å². The van der Waals surface area contributed by atoms with Gasteiger partial charge in [-0.25, -0.2) is 0 Å². The molecule has 2 nitrogen and oxygen atoms in total. The molecule has 17 heavy (non-hydrogen) atoms. The largest absolute Gasteiger partial charge is 0.493 e. The van der Waals surface area contributed by atoms with Crippen molar-refractivity contribution in [2.75, 3.05) is 6.61 Å². The Hall–Kier alpha value is -1.02. The van der Waals surface area contributed by atoms with Crippen LogP contribution in [0.25, 0.3) is 0 Å². The number of para-hydroxylation sites is 1. The number of hydrogen-bond donors (Lipinski definition) is 1. The van der Waals surface area contributed by atoms with Crippen LogP contribution in [0.3, 0.4) is 0 Å². The molecule has 0 aromatic heterocycles. The molecule has 2 aliphatic carbocycles. The summed E-state index contributed by atoms with van der Waals surface area (Å²) in [5, 5.41) is 3.56. The Labute approximate surface area is 103 Å². The van der Waals surface area contributed by atoms with Gasteiger partial charge < -0.3 is 10.1 Å². The van der Waals surface area contributed by atoms with Gasteiger partial charge in [-0.3, -0.25) is 0 Å². The van der Waals surface area contributed by atoms with Gasteiger partial charge in [-0.05, 0) is 44.1 Å². The first kappa shape index (κ1) is 11.1. The molecule has 2 aliphatic rings. The third kappa shape index (κ3) is 3.01. The van der Waals surface area contributed by atoms with Gasteiger partial charge in [0.05, 0.1) is 6.61 Å². The van der Waals surface area contributed by atoms with Crippen LogP contribution >= 0.6 is 0 Å². The molecular weight excluding hydrogens is 210 g/mol. The summed E-state index contributed by atoms with van der Waals surface area (Å²) >= 11 is 0. The van der Waals surface area contributed by atoms with Gasteiger partial charge in [-0.1, -0.05) is 18.2 Å². The van der Waals surface area contributed by atoms with Crippen molar-refractivity contribution in [1.82, 2.24) is 5.32 Å². The smallest absolute Gasteiger partial charge is 0.126 e. The molecule has 0 saturated heterocycles. The maximum Gasteiger partial charge on any atom is 0.126 e. The third-order valence-electron chi connectivity index (χ3n) is 3.61. The average molecular weight is 231 g/mol. The quantitative estimate of drug-likeness (QED) is 0.812. The molecule has 3 rings (SSSR count). The molecule has 2 saturated carbocycles. The molecule has 0 unspecified atom stereocenters. The van der Waals surface area contributed by atoms with Crippen LogP contribution in [0.4, 0.5) is 0 Å². The van der Waals surface area contributed by atoms with Crippen LogP contribution in [0.2, 0.25) is 0 Å². The summed E-state index contributed by atoms with van der Waals surface area (Å²) in [6, 6.07) is 7.21. The lowest BCUT2D eigenvalue weighted by Crippen LogP contribution is -2.16. The first-order valence-corrected chi connectivity index (χ1v) is 6.77.